The normalized spacial score (nSPS) is 23.6. The van der Waals surface area contributed by atoms with Crippen LogP contribution in [0.15, 0.2) is 0 Å². The topological polar surface area (TPSA) is 20.3 Å². The molecule has 0 bridgehead atoms. The second-order valence-electron chi connectivity index (χ2n) is 6.51. The van der Waals surface area contributed by atoms with E-state index in [9.17, 15) is 4.79 Å². The van der Waals surface area contributed by atoms with Crippen LogP contribution in [0.1, 0.15) is 66.2 Å². The average molecular weight is 253 g/mol. The van der Waals surface area contributed by atoms with Gasteiger partial charge in [-0.3, -0.25) is 0 Å². The van der Waals surface area contributed by atoms with Crippen molar-refractivity contribution >= 4 is 6.29 Å². The Morgan fingerprint density at radius 1 is 1.17 bits per heavy atom. The molecule has 1 rings (SSSR count). The predicted molar refractivity (Wildman–Crippen MR) is 77.8 cm³/mol. The number of carbonyl (C=O) groups excluding carboxylic acids is 1. The lowest BCUT2D eigenvalue weighted by Gasteiger charge is -2.43. The molecule has 0 aliphatic carbocycles. The summed E-state index contributed by atoms with van der Waals surface area (Å²) in [5.41, 5.74) is 0.450. The molecule has 1 fully saturated rings. The third-order valence-corrected chi connectivity index (χ3v) is 5.11. The number of nitrogens with zero attached hydrogens (tertiary/aromatic N) is 1. The molecule has 2 heteroatoms. The summed E-state index contributed by atoms with van der Waals surface area (Å²) >= 11 is 0. The summed E-state index contributed by atoms with van der Waals surface area (Å²) in [4.78, 5) is 13.8. The Balaban J connectivity index is 2.50. The first-order chi connectivity index (χ1) is 8.53. The molecule has 0 N–H and O–H groups in total. The first-order valence-electron chi connectivity index (χ1n) is 7.72. The van der Waals surface area contributed by atoms with Crippen LogP contribution in [0, 0.1) is 10.8 Å². The van der Waals surface area contributed by atoms with E-state index < -0.39 is 0 Å². The van der Waals surface area contributed by atoms with Gasteiger partial charge in [-0.15, -0.1) is 0 Å². The molecule has 0 amide bonds. The van der Waals surface area contributed by atoms with Gasteiger partial charge in [-0.1, -0.05) is 47.0 Å². The Hall–Kier alpha value is -0.370. The molecule has 1 unspecified atom stereocenters. The van der Waals surface area contributed by atoms with Gasteiger partial charge in [0, 0.05) is 12.0 Å². The summed E-state index contributed by atoms with van der Waals surface area (Å²) < 4.78 is 0. The molecule has 0 aromatic rings. The SMILES string of the molecule is CCCC(C)(C=O)CN1CCC(CC)(CC)CC1. The fraction of sp³-hybridized carbons (Fsp3) is 0.938. The highest BCUT2D eigenvalue weighted by molar-refractivity contribution is 5.59. The third-order valence-electron chi connectivity index (χ3n) is 5.11. The van der Waals surface area contributed by atoms with Crippen LogP contribution in [0.4, 0.5) is 0 Å². The van der Waals surface area contributed by atoms with Crippen molar-refractivity contribution in [1.29, 1.82) is 0 Å². The number of likely N-dealkylation sites (tertiary alicyclic amines) is 1. The van der Waals surface area contributed by atoms with Crippen LogP contribution < -0.4 is 0 Å². The standard InChI is InChI=1S/C16H31NO/c1-5-8-15(4,14-18)13-17-11-9-16(6-2,7-3)10-12-17/h14H,5-13H2,1-4H3. The summed E-state index contributed by atoms with van der Waals surface area (Å²) in [5.74, 6) is 0. The smallest absolute Gasteiger partial charge is 0.127 e. The first-order valence-corrected chi connectivity index (χ1v) is 7.72. The highest BCUT2D eigenvalue weighted by atomic mass is 16.1. The molecule has 1 atom stereocenters. The van der Waals surface area contributed by atoms with Crippen molar-refractivity contribution in [2.24, 2.45) is 10.8 Å². The lowest BCUT2D eigenvalue weighted by molar-refractivity contribution is -0.117. The maximum atomic E-state index is 11.3. The van der Waals surface area contributed by atoms with Crippen molar-refractivity contribution in [1.82, 2.24) is 4.90 Å². The Bertz CT molecular complexity index is 250. The van der Waals surface area contributed by atoms with E-state index in [-0.39, 0.29) is 5.41 Å². The van der Waals surface area contributed by atoms with Crippen LogP contribution in [0.2, 0.25) is 0 Å². The third kappa shape index (κ3) is 3.81. The Morgan fingerprint density at radius 2 is 1.72 bits per heavy atom. The summed E-state index contributed by atoms with van der Waals surface area (Å²) in [6, 6.07) is 0. The van der Waals surface area contributed by atoms with Crippen molar-refractivity contribution in [2.45, 2.75) is 66.2 Å². The van der Waals surface area contributed by atoms with Gasteiger partial charge in [0.1, 0.15) is 6.29 Å². The first kappa shape index (κ1) is 15.7. The largest absolute Gasteiger partial charge is 0.303 e. The Labute approximate surface area is 113 Å². The maximum absolute atomic E-state index is 11.3. The highest BCUT2D eigenvalue weighted by Gasteiger charge is 2.34. The van der Waals surface area contributed by atoms with Gasteiger partial charge in [0.2, 0.25) is 0 Å². The zero-order valence-corrected chi connectivity index (χ0v) is 12.8. The van der Waals surface area contributed by atoms with E-state index in [1.807, 2.05) is 0 Å². The molecule has 1 saturated heterocycles. The molecule has 0 saturated carbocycles. The highest BCUT2D eigenvalue weighted by Crippen LogP contribution is 2.38. The van der Waals surface area contributed by atoms with E-state index in [0.717, 1.165) is 19.4 Å². The van der Waals surface area contributed by atoms with E-state index in [1.54, 1.807) is 0 Å². The van der Waals surface area contributed by atoms with Crippen molar-refractivity contribution in [3.8, 4) is 0 Å². The molecule has 1 aliphatic heterocycles. The fourth-order valence-corrected chi connectivity index (χ4v) is 3.40. The van der Waals surface area contributed by atoms with Crippen LogP contribution in [-0.4, -0.2) is 30.8 Å². The second-order valence-corrected chi connectivity index (χ2v) is 6.51. The van der Waals surface area contributed by atoms with Gasteiger partial charge in [-0.25, -0.2) is 0 Å². The second kappa shape index (κ2) is 6.70. The van der Waals surface area contributed by atoms with Gasteiger partial charge in [0.15, 0.2) is 0 Å². The van der Waals surface area contributed by atoms with E-state index in [4.69, 9.17) is 0 Å². The van der Waals surface area contributed by atoms with E-state index in [2.05, 4.69) is 32.6 Å². The van der Waals surface area contributed by atoms with Crippen LogP contribution in [0.5, 0.6) is 0 Å². The van der Waals surface area contributed by atoms with Gasteiger partial charge in [-0.05, 0) is 37.8 Å². The predicted octanol–water partition coefficient (Wildman–Crippen LogP) is 3.89. The molecular formula is C16H31NO. The molecule has 106 valence electrons. The average Bonchev–Trinajstić information content (AvgIpc) is 2.40. The molecule has 1 aliphatic rings. The number of hydrogen-bond donors (Lipinski definition) is 0. The number of rotatable bonds is 7. The summed E-state index contributed by atoms with van der Waals surface area (Å²) in [5, 5.41) is 0. The number of carbonyl (C=O) groups is 1. The molecular weight excluding hydrogens is 222 g/mol. The molecule has 0 radical (unpaired) electrons. The monoisotopic (exact) mass is 253 g/mol. The minimum atomic E-state index is -0.132. The zero-order chi connectivity index (χ0) is 13.6. The van der Waals surface area contributed by atoms with Crippen molar-refractivity contribution in [3.05, 3.63) is 0 Å². The molecule has 0 aromatic heterocycles. The number of hydrogen-bond acceptors (Lipinski definition) is 2. The molecule has 0 spiro atoms. The summed E-state index contributed by atoms with van der Waals surface area (Å²) in [7, 11) is 0. The number of piperidine rings is 1. The summed E-state index contributed by atoms with van der Waals surface area (Å²) in [6.45, 7) is 12.2. The van der Waals surface area contributed by atoms with Crippen molar-refractivity contribution in [2.75, 3.05) is 19.6 Å². The quantitative estimate of drug-likeness (QED) is 0.641. The van der Waals surface area contributed by atoms with E-state index in [1.165, 1.54) is 45.1 Å². The number of aldehydes is 1. The van der Waals surface area contributed by atoms with Crippen LogP contribution in [0.3, 0.4) is 0 Å². The summed E-state index contributed by atoms with van der Waals surface area (Å²) in [6.07, 6.45) is 8.51. The Morgan fingerprint density at radius 3 is 2.11 bits per heavy atom. The molecule has 18 heavy (non-hydrogen) atoms. The van der Waals surface area contributed by atoms with Gasteiger partial charge in [0.25, 0.3) is 0 Å². The van der Waals surface area contributed by atoms with Crippen molar-refractivity contribution in [3.63, 3.8) is 0 Å². The van der Waals surface area contributed by atoms with Gasteiger partial charge in [-0.2, -0.15) is 0 Å². The lowest BCUT2D eigenvalue weighted by Crippen LogP contribution is -2.44. The van der Waals surface area contributed by atoms with Crippen LogP contribution in [-0.2, 0) is 4.79 Å². The van der Waals surface area contributed by atoms with Crippen molar-refractivity contribution < 1.29 is 4.79 Å². The molecule has 2 nitrogen and oxygen atoms in total. The molecule has 0 aromatic carbocycles. The molecule has 1 heterocycles. The van der Waals surface area contributed by atoms with Gasteiger partial charge in [0.05, 0.1) is 0 Å². The van der Waals surface area contributed by atoms with Gasteiger partial charge >= 0.3 is 0 Å². The Kier molecular flexibility index (Phi) is 5.84. The van der Waals surface area contributed by atoms with Crippen LogP contribution >= 0.6 is 0 Å². The lowest BCUT2D eigenvalue weighted by atomic mass is 9.73. The maximum Gasteiger partial charge on any atom is 0.127 e. The zero-order valence-electron chi connectivity index (χ0n) is 12.8. The van der Waals surface area contributed by atoms with Gasteiger partial charge < -0.3 is 9.69 Å². The fourth-order valence-electron chi connectivity index (χ4n) is 3.40. The van der Waals surface area contributed by atoms with E-state index >= 15 is 0 Å². The minimum Gasteiger partial charge on any atom is -0.303 e. The van der Waals surface area contributed by atoms with Crippen LogP contribution in [0.25, 0.3) is 0 Å². The van der Waals surface area contributed by atoms with E-state index in [0.29, 0.717) is 5.41 Å². The minimum absolute atomic E-state index is 0.132.